The van der Waals surface area contributed by atoms with Gasteiger partial charge in [0.05, 0.1) is 17.4 Å². The molecule has 0 radical (unpaired) electrons. The van der Waals surface area contributed by atoms with E-state index >= 15 is 0 Å². The molecule has 0 spiro atoms. The van der Waals surface area contributed by atoms with Crippen LogP contribution in [-0.2, 0) is 14.4 Å². The molecule has 5 nitrogen and oxygen atoms in total. The summed E-state index contributed by atoms with van der Waals surface area (Å²) in [4.78, 5) is 38.1. The molecule has 4 aliphatic rings. The highest BCUT2D eigenvalue weighted by Crippen LogP contribution is 2.55. The fourth-order valence-corrected chi connectivity index (χ4v) is 4.54. The Morgan fingerprint density at radius 1 is 1.23 bits per heavy atom. The fraction of sp³-hybridized carbons (Fsp3) is 0.529. The summed E-state index contributed by atoms with van der Waals surface area (Å²) in [5.74, 6) is 0.405. The molecule has 1 heterocycles. The molecule has 4 unspecified atom stereocenters. The maximum atomic E-state index is 12.5. The minimum Gasteiger partial charge on any atom is -0.350 e. The second kappa shape index (κ2) is 4.96. The first-order chi connectivity index (χ1) is 10.7. The molecule has 0 aromatic rings. The van der Waals surface area contributed by atoms with Gasteiger partial charge in [0.25, 0.3) is 5.91 Å². The van der Waals surface area contributed by atoms with Crippen LogP contribution >= 0.6 is 0 Å². The molecule has 1 aliphatic heterocycles. The van der Waals surface area contributed by atoms with E-state index in [0.29, 0.717) is 24.0 Å². The van der Waals surface area contributed by atoms with Crippen LogP contribution in [0.25, 0.3) is 0 Å². The Morgan fingerprint density at radius 3 is 2.50 bits per heavy atom. The highest BCUT2D eigenvalue weighted by Gasteiger charge is 2.60. The highest BCUT2D eigenvalue weighted by molar-refractivity contribution is 6.06. The SMILES string of the molecule is O=C(NCCN1C(=O)C2C3CCC(C3)C2C1=O)C1=C=CC=C1. The van der Waals surface area contributed by atoms with Gasteiger partial charge < -0.3 is 5.32 Å². The van der Waals surface area contributed by atoms with Crippen molar-refractivity contribution in [1.29, 1.82) is 0 Å². The van der Waals surface area contributed by atoms with Gasteiger partial charge in [0.1, 0.15) is 0 Å². The smallest absolute Gasteiger partial charge is 0.259 e. The lowest BCUT2D eigenvalue weighted by molar-refractivity contribution is -0.141. The van der Waals surface area contributed by atoms with E-state index in [1.807, 2.05) is 0 Å². The molecule has 114 valence electrons. The fourth-order valence-electron chi connectivity index (χ4n) is 4.54. The van der Waals surface area contributed by atoms with Gasteiger partial charge in [-0.15, -0.1) is 5.73 Å². The third-order valence-corrected chi connectivity index (χ3v) is 5.48. The van der Waals surface area contributed by atoms with Crippen molar-refractivity contribution in [1.82, 2.24) is 10.2 Å². The van der Waals surface area contributed by atoms with Gasteiger partial charge in [-0.1, -0.05) is 6.08 Å². The van der Waals surface area contributed by atoms with Crippen molar-refractivity contribution in [3.8, 4) is 0 Å². The summed E-state index contributed by atoms with van der Waals surface area (Å²) < 4.78 is 0. The number of nitrogens with zero attached hydrogens (tertiary/aromatic N) is 1. The molecule has 3 aliphatic carbocycles. The minimum absolute atomic E-state index is 0.0173. The molecular weight excluding hydrogens is 280 g/mol. The Balaban J connectivity index is 1.37. The Labute approximate surface area is 128 Å². The molecule has 3 fully saturated rings. The first-order valence-corrected chi connectivity index (χ1v) is 7.93. The van der Waals surface area contributed by atoms with Gasteiger partial charge in [0.2, 0.25) is 11.8 Å². The number of imide groups is 1. The first-order valence-electron chi connectivity index (χ1n) is 7.93. The number of rotatable bonds is 4. The summed E-state index contributed by atoms with van der Waals surface area (Å²) in [7, 11) is 0. The zero-order valence-electron chi connectivity index (χ0n) is 12.2. The zero-order valence-corrected chi connectivity index (χ0v) is 12.2. The first kappa shape index (κ1) is 13.5. The van der Waals surface area contributed by atoms with Crippen LogP contribution in [0.15, 0.2) is 29.5 Å². The van der Waals surface area contributed by atoms with Crippen molar-refractivity contribution in [3.63, 3.8) is 0 Å². The maximum absolute atomic E-state index is 12.5. The highest BCUT2D eigenvalue weighted by atomic mass is 16.2. The molecule has 2 saturated carbocycles. The number of amides is 3. The predicted molar refractivity (Wildman–Crippen MR) is 78.3 cm³/mol. The van der Waals surface area contributed by atoms with Gasteiger partial charge in [-0.3, -0.25) is 19.3 Å². The third-order valence-electron chi connectivity index (χ3n) is 5.48. The van der Waals surface area contributed by atoms with Crippen molar-refractivity contribution in [2.24, 2.45) is 23.7 Å². The topological polar surface area (TPSA) is 66.5 Å². The monoisotopic (exact) mass is 298 g/mol. The van der Waals surface area contributed by atoms with Crippen LogP contribution in [0, 0.1) is 23.7 Å². The van der Waals surface area contributed by atoms with Crippen LogP contribution in [0.1, 0.15) is 19.3 Å². The Bertz CT molecular complexity index is 629. The van der Waals surface area contributed by atoms with Crippen LogP contribution < -0.4 is 5.32 Å². The lowest BCUT2D eigenvalue weighted by atomic mass is 9.81. The van der Waals surface area contributed by atoms with Crippen LogP contribution in [0.3, 0.4) is 0 Å². The molecule has 3 amide bonds. The van der Waals surface area contributed by atoms with Crippen molar-refractivity contribution < 1.29 is 14.4 Å². The molecule has 4 rings (SSSR count). The van der Waals surface area contributed by atoms with E-state index in [1.54, 1.807) is 18.2 Å². The summed E-state index contributed by atoms with van der Waals surface area (Å²) >= 11 is 0. The van der Waals surface area contributed by atoms with Gasteiger partial charge in [0, 0.05) is 13.1 Å². The van der Waals surface area contributed by atoms with E-state index in [0.717, 1.165) is 19.3 Å². The number of carbonyl (C=O) groups excluding carboxylic acids is 3. The molecule has 0 aromatic heterocycles. The molecule has 5 heteroatoms. The average Bonchev–Trinajstić information content (AvgIpc) is 3.27. The summed E-state index contributed by atoms with van der Waals surface area (Å²) in [6, 6.07) is 0. The number of nitrogens with one attached hydrogen (secondary N) is 1. The van der Waals surface area contributed by atoms with E-state index in [1.165, 1.54) is 4.90 Å². The van der Waals surface area contributed by atoms with Gasteiger partial charge in [-0.2, -0.15) is 0 Å². The Hall–Kier alpha value is -2.13. The summed E-state index contributed by atoms with van der Waals surface area (Å²) in [5.41, 5.74) is 3.31. The zero-order chi connectivity index (χ0) is 15.3. The largest absolute Gasteiger partial charge is 0.350 e. The van der Waals surface area contributed by atoms with Crippen molar-refractivity contribution in [3.05, 3.63) is 29.5 Å². The lowest BCUT2D eigenvalue weighted by Gasteiger charge is -2.19. The lowest BCUT2D eigenvalue weighted by Crippen LogP contribution is -2.39. The number of allylic oxidation sites excluding steroid dienone is 1. The van der Waals surface area contributed by atoms with Gasteiger partial charge >= 0.3 is 0 Å². The number of carbonyl (C=O) groups is 3. The van der Waals surface area contributed by atoms with E-state index < -0.39 is 0 Å². The second-order valence-electron chi connectivity index (χ2n) is 6.55. The maximum Gasteiger partial charge on any atom is 0.259 e. The quantitative estimate of drug-likeness (QED) is 0.616. The average molecular weight is 298 g/mol. The predicted octanol–water partition coefficient (Wildman–Crippen LogP) is 0.785. The minimum atomic E-state index is -0.218. The van der Waals surface area contributed by atoms with Crippen LogP contribution in [-0.4, -0.2) is 35.7 Å². The summed E-state index contributed by atoms with van der Waals surface area (Å²) in [5, 5.41) is 2.74. The molecule has 22 heavy (non-hydrogen) atoms. The molecule has 0 aromatic carbocycles. The number of hydrogen-bond acceptors (Lipinski definition) is 3. The molecule has 1 saturated heterocycles. The van der Waals surface area contributed by atoms with E-state index in [4.69, 9.17) is 0 Å². The van der Waals surface area contributed by atoms with Gasteiger partial charge in [0.15, 0.2) is 0 Å². The van der Waals surface area contributed by atoms with Crippen LogP contribution in [0.5, 0.6) is 0 Å². The Kier molecular flexibility index (Phi) is 3.05. The van der Waals surface area contributed by atoms with Gasteiger partial charge in [-0.05, 0) is 43.3 Å². The molecule has 1 N–H and O–H groups in total. The summed E-state index contributed by atoms with van der Waals surface area (Å²) in [6.45, 7) is 0.570. The summed E-state index contributed by atoms with van der Waals surface area (Å²) in [6.07, 6.45) is 8.33. The second-order valence-corrected chi connectivity index (χ2v) is 6.55. The number of likely N-dealkylation sites (tertiary alicyclic amines) is 1. The van der Waals surface area contributed by atoms with Crippen LogP contribution in [0.2, 0.25) is 0 Å². The number of hydrogen-bond donors (Lipinski definition) is 1. The van der Waals surface area contributed by atoms with Crippen molar-refractivity contribution in [2.75, 3.05) is 13.1 Å². The van der Waals surface area contributed by atoms with Crippen molar-refractivity contribution >= 4 is 17.7 Å². The molecular formula is C17H18N2O3. The van der Waals surface area contributed by atoms with E-state index in [2.05, 4.69) is 11.0 Å². The van der Waals surface area contributed by atoms with E-state index in [-0.39, 0.29) is 36.1 Å². The van der Waals surface area contributed by atoms with Crippen LogP contribution in [0.4, 0.5) is 0 Å². The van der Waals surface area contributed by atoms with Crippen molar-refractivity contribution in [2.45, 2.75) is 19.3 Å². The normalized spacial score (nSPS) is 34.5. The number of fused-ring (bicyclic) bond motifs is 5. The third kappa shape index (κ3) is 1.89. The van der Waals surface area contributed by atoms with E-state index in [9.17, 15) is 14.4 Å². The molecule has 4 atom stereocenters. The molecule has 2 bridgehead atoms. The Morgan fingerprint density at radius 2 is 1.91 bits per heavy atom. The standard InChI is InChI=1S/C17H18N2O3/c20-15(10-3-1-2-4-10)18-7-8-19-16(21)13-11-5-6-12(9-11)14(13)17(19)22/h1-3,11-14H,5-9H2,(H,18,20). The van der Waals surface area contributed by atoms with Gasteiger partial charge in [-0.25, -0.2) is 0 Å².